The van der Waals surface area contributed by atoms with Crippen molar-refractivity contribution in [2.75, 3.05) is 27.9 Å². The molecular weight excluding hydrogens is 640 g/mol. The summed E-state index contributed by atoms with van der Waals surface area (Å²) >= 11 is 0. The zero-order valence-electron chi connectivity index (χ0n) is 26.4. The van der Waals surface area contributed by atoms with Crippen molar-refractivity contribution in [2.45, 2.75) is 12.2 Å². The first-order chi connectivity index (χ1) is 23.5. The Bertz CT molecular complexity index is 2040. The largest absolute Gasteiger partial charge is 0.508 e. The molecule has 13 heteroatoms. The Hall–Kier alpha value is -6.34. The fourth-order valence-corrected chi connectivity index (χ4v) is 4.93. The van der Waals surface area contributed by atoms with Gasteiger partial charge < -0.3 is 53.6 Å². The zero-order valence-corrected chi connectivity index (χ0v) is 26.4. The van der Waals surface area contributed by atoms with E-state index in [9.17, 15) is 35.1 Å². The van der Waals surface area contributed by atoms with Crippen LogP contribution >= 0.6 is 0 Å². The van der Waals surface area contributed by atoms with E-state index in [1.54, 1.807) is 12.1 Å². The Morgan fingerprint density at radius 1 is 0.796 bits per heavy atom. The van der Waals surface area contributed by atoms with Crippen molar-refractivity contribution in [2.24, 2.45) is 0 Å². The van der Waals surface area contributed by atoms with Gasteiger partial charge in [-0.25, -0.2) is 4.79 Å². The molecule has 0 bridgehead atoms. The van der Waals surface area contributed by atoms with Gasteiger partial charge in [0.05, 0.1) is 21.3 Å². The Labute approximate surface area is 279 Å². The molecule has 0 saturated heterocycles. The maximum absolute atomic E-state index is 12.9. The number of aliphatic hydroxyl groups excluding tert-OH is 1. The summed E-state index contributed by atoms with van der Waals surface area (Å²) in [6.45, 7) is -0.469. The van der Waals surface area contributed by atoms with Gasteiger partial charge in [-0.05, 0) is 53.6 Å². The summed E-state index contributed by atoms with van der Waals surface area (Å²) in [6, 6.07) is 16.6. The standard InChI is InChI=1S/C36H32O13/c1-44-28-12-20(7-10-24(28)39)35(43)32(18-47-33(42)11-6-19-4-8-22(37)9-5-19)49-36-30(45-2)13-21(14-31(36)46-3)27-17-26(41)34-25(40)15-23(38)16-29(34)48-27/h4-17,32,35,37-40,43H,18H2,1-3H3/b11-6+/t32-,35+/m0/s1. The van der Waals surface area contributed by atoms with Crippen LogP contribution in [0.25, 0.3) is 28.4 Å². The first-order valence-electron chi connectivity index (χ1n) is 14.6. The van der Waals surface area contributed by atoms with Crippen molar-refractivity contribution < 1.29 is 58.4 Å². The van der Waals surface area contributed by atoms with Gasteiger partial charge in [0, 0.05) is 29.8 Å². The lowest BCUT2D eigenvalue weighted by molar-refractivity contribution is -0.142. The van der Waals surface area contributed by atoms with Gasteiger partial charge in [-0.3, -0.25) is 4.79 Å². The highest BCUT2D eigenvalue weighted by Crippen LogP contribution is 2.44. The molecule has 0 aliphatic heterocycles. The number of carbonyl (C=O) groups is 1. The predicted molar refractivity (Wildman–Crippen MR) is 176 cm³/mol. The lowest BCUT2D eigenvalue weighted by atomic mass is 10.0. The Balaban J connectivity index is 1.50. The fourth-order valence-electron chi connectivity index (χ4n) is 4.93. The molecule has 0 amide bonds. The molecule has 4 aromatic carbocycles. The van der Waals surface area contributed by atoms with Gasteiger partial charge in [-0.1, -0.05) is 18.2 Å². The van der Waals surface area contributed by atoms with Gasteiger partial charge in [0.15, 0.2) is 34.5 Å². The highest BCUT2D eigenvalue weighted by molar-refractivity contribution is 5.87. The van der Waals surface area contributed by atoms with E-state index in [1.807, 2.05) is 0 Å². The molecule has 0 fully saturated rings. The molecule has 1 heterocycles. The SMILES string of the molecule is COc1cc([C@@H](O)[C@H](COC(=O)/C=C/c2ccc(O)cc2)Oc2c(OC)cc(-c3cc(=O)c4c(O)cc(O)cc4o3)cc2OC)ccc1O. The molecule has 0 aliphatic carbocycles. The van der Waals surface area contributed by atoms with Crippen LogP contribution in [0.1, 0.15) is 17.2 Å². The van der Waals surface area contributed by atoms with Crippen LogP contribution in [-0.4, -0.2) is 65.5 Å². The van der Waals surface area contributed by atoms with Crippen molar-refractivity contribution >= 4 is 23.0 Å². The maximum atomic E-state index is 12.9. The third-order valence-corrected chi connectivity index (χ3v) is 7.40. The molecular formula is C36H32O13. The number of aromatic hydroxyl groups is 4. The van der Waals surface area contributed by atoms with Gasteiger partial charge >= 0.3 is 5.97 Å². The van der Waals surface area contributed by atoms with Gasteiger partial charge in [0.2, 0.25) is 5.75 Å². The van der Waals surface area contributed by atoms with E-state index in [2.05, 4.69) is 0 Å². The van der Waals surface area contributed by atoms with Crippen LogP contribution in [-0.2, 0) is 9.53 Å². The average Bonchev–Trinajstić information content (AvgIpc) is 3.08. The monoisotopic (exact) mass is 672 g/mol. The summed E-state index contributed by atoms with van der Waals surface area (Å²) in [5.41, 5.74) is 0.556. The van der Waals surface area contributed by atoms with Crippen molar-refractivity contribution in [1.29, 1.82) is 0 Å². The smallest absolute Gasteiger partial charge is 0.330 e. The second-order valence-corrected chi connectivity index (χ2v) is 10.6. The summed E-state index contributed by atoms with van der Waals surface area (Å²) < 4.78 is 33.9. The number of ether oxygens (including phenoxy) is 5. The van der Waals surface area contributed by atoms with Gasteiger partial charge in [-0.15, -0.1) is 0 Å². The minimum absolute atomic E-state index is 0.00217. The normalized spacial score (nSPS) is 12.4. The molecule has 5 N–H and O–H groups in total. The van der Waals surface area contributed by atoms with E-state index in [0.717, 1.165) is 12.1 Å². The summed E-state index contributed by atoms with van der Waals surface area (Å²) in [6.07, 6.45) is -0.0705. The third kappa shape index (κ3) is 7.63. The molecule has 2 atom stereocenters. The number of carbonyl (C=O) groups excluding carboxylic acids is 1. The summed E-state index contributed by atoms with van der Waals surface area (Å²) in [5, 5.41) is 51.0. The van der Waals surface area contributed by atoms with Crippen LogP contribution in [0.2, 0.25) is 0 Å². The van der Waals surface area contributed by atoms with Crippen LogP contribution in [0.5, 0.6) is 46.0 Å². The summed E-state index contributed by atoms with van der Waals surface area (Å²) in [4.78, 5) is 25.6. The van der Waals surface area contributed by atoms with Gasteiger partial charge in [0.25, 0.3) is 0 Å². The number of hydrogen-bond donors (Lipinski definition) is 5. The summed E-state index contributed by atoms with van der Waals surface area (Å²) in [5.74, 6) is -1.31. The lowest BCUT2D eigenvalue weighted by Crippen LogP contribution is -2.31. The predicted octanol–water partition coefficient (Wildman–Crippen LogP) is 5.05. The van der Waals surface area contributed by atoms with Crippen molar-refractivity contribution in [3.05, 3.63) is 100 Å². The average molecular weight is 673 g/mol. The first kappa shape index (κ1) is 34.0. The van der Waals surface area contributed by atoms with E-state index >= 15 is 0 Å². The van der Waals surface area contributed by atoms with E-state index in [4.69, 9.17) is 28.1 Å². The number of aliphatic hydroxyl groups is 1. The topological polar surface area (TPSA) is 195 Å². The highest BCUT2D eigenvalue weighted by atomic mass is 16.6. The fraction of sp³-hybridized carbons (Fsp3) is 0.167. The van der Waals surface area contributed by atoms with Crippen LogP contribution in [0, 0.1) is 0 Å². The highest BCUT2D eigenvalue weighted by Gasteiger charge is 2.29. The molecule has 0 aliphatic rings. The molecule has 0 spiro atoms. The second kappa shape index (κ2) is 14.6. The van der Waals surface area contributed by atoms with Gasteiger partial charge in [0.1, 0.15) is 46.7 Å². The molecule has 5 aromatic rings. The molecule has 49 heavy (non-hydrogen) atoms. The van der Waals surface area contributed by atoms with E-state index in [1.165, 1.54) is 82.0 Å². The van der Waals surface area contributed by atoms with Crippen molar-refractivity contribution in [1.82, 2.24) is 0 Å². The molecule has 254 valence electrons. The number of benzene rings is 4. The van der Waals surface area contributed by atoms with Crippen LogP contribution < -0.4 is 24.4 Å². The third-order valence-electron chi connectivity index (χ3n) is 7.40. The Morgan fingerprint density at radius 2 is 1.47 bits per heavy atom. The lowest BCUT2D eigenvalue weighted by Gasteiger charge is -2.26. The number of methoxy groups -OCH3 is 3. The number of hydrogen-bond acceptors (Lipinski definition) is 13. The van der Waals surface area contributed by atoms with Crippen LogP contribution in [0.4, 0.5) is 0 Å². The van der Waals surface area contributed by atoms with Crippen LogP contribution in [0.15, 0.2) is 88.1 Å². The number of esters is 1. The maximum Gasteiger partial charge on any atom is 0.330 e. The van der Waals surface area contributed by atoms with Crippen molar-refractivity contribution in [3.8, 4) is 57.3 Å². The number of rotatable bonds is 12. The van der Waals surface area contributed by atoms with Crippen LogP contribution in [0.3, 0.4) is 0 Å². The quantitative estimate of drug-likeness (QED) is 0.0874. The van der Waals surface area contributed by atoms with E-state index < -0.39 is 36.0 Å². The molecule has 5 rings (SSSR count). The second-order valence-electron chi connectivity index (χ2n) is 10.6. The molecule has 13 nitrogen and oxygen atoms in total. The Kier molecular flexibility index (Phi) is 10.1. The molecule has 1 aromatic heterocycles. The molecule has 0 saturated carbocycles. The molecule has 0 radical (unpaired) electrons. The number of phenols is 4. The minimum atomic E-state index is -1.45. The summed E-state index contributed by atoms with van der Waals surface area (Å²) in [7, 11) is 4.05. The van der Waals surface area contributed by atoms with E-state index in [0.29, 0.717) is 11.1 Å². The zero-order chi connectivity index (χ0) is 35.2. The first-order valence-corrected chi connectivity index (χ1v) is 14.6. The van der Waals surface area contributed by atoms with Crippen molar-refractivity contribution in [3.63, 3.8) is 0 Å². The minimum Gasteiger partial charge on any atom is -0.508 e. The van der Waals surface area contributed by atoms with Gasteiger partial charge in [-0.2, -0.15) is 0 Å². The number of phenolic OH excluding ortho intramolecular Hbond substituents is 4. The molecule has 0 unspecified atom stereocenters. The van der Waals surface area contributed by atoms with E-state index in [-0.39, 0.29) is 62.5 Å². The Morgan fingerprint density at radius 3 is 2.12 bits per heavy atom. The number of fused-ring (bicyclic) bond motifs is 1.